The van der Waals surface area contributed by atoms with Crippen molar-refractivity contribution in [1.29, 1.82) is 0 Å². The minimum absolute atomic E-state index is 0.143. The Morgan fingerprint density at radius 1 is 1.00 bits per heavy atom. The highest BCUT2D eigenvalue weighted by atomic mass is 32.2. The predicted molar refractivity (Wildman–Crippen MR) is 141 cm³/mol. The number of carbonyl (C=O) groups is 1. The molecule has 1 heterocycles. The Kier molecular flexibility index (Phi) is 8.45. The standard InChI is InChI=1S/C27H25N5O2S/c1-2-34-24-17-15-23(16-18-24)32-26(22-13-7-4-8-14-22)30-31-27(32)35-20-25(33)29-28-19-9-12-21-10-5-3-6-11-21/h3-19H,2,20H2,1H3,(H,29,33)/b12-9+,28-19-. The van der Waals surface area contributed by atoms with E-state index in [-0.39, 0.29) is 11.7 Å². The van der Waals surface area contributed by atoms with Crippen molar-refractivity contribution < 1.29 is 9.53 Å². The molecule has 0 saturated heterocycles. The highest BCUT2D eigenvalue weighted by Crippen LogP contribution is 2.28. The van der Waals surface area contributed by atoms with Crippen molar-refractivity contribution in [1.82, 2.24) is 20.2 Å². The number of thioether (sulfide) groups is 1. The molecule has 7 nitrogen and oxygen atoms in total. The van der Waals surface area contributed by atoms with Crippen LogP contribution in [0.2, 0.25) is 0 Å². The molecule has 176 valence electrons. The van der Waals surface area contributed by atoms with Crippen LogP contribution in [-0.2, 0) is 4.79 Å². The molecule has 1 amide bonds. The molecule has 0 fully saturated rings. The van der Waals surface area contributed by atoms with E-state index in [4.69, 9.17) is 4.74 Å². The summed E-state index contributed by atoms with van der Waals surface area (Å²) < 4.78 is 7.50. The van der Waals surface area contributed by atoms with E-state index in [1.54, 1.807) is 12.3 Å². The third kappa shape index (κ3) is 6.68. The Labute approximate surface area is 208 Å². The second-order valence-electron chi connectivity index (χ2n) is 7.31. The van der Waals surface area contributed by atoms with Crippen molar-refractivity contribution in [3.05, 3.63) is 96.6 Å². The number of nitrogens with zero attached hydrogens (tertiary/aromatic N) is 4. The number of ether oxygens (including phenoxy) is 1. The number of benzene rings is 3. The van der Waals surface area contributed by atoms with E-state index in [0.29, 0.717) is 17.6 Å². The van der Waals surface area contributed by atoms with Gasteiger partial charge in [0.2, 0.25) is 0 Å². The van der Waals surface area contributed by atoms with Crippen LogP contribution in [-0.4, -0.2) is 39.2 Å². The van der Waals surface area contributed by atoms with Crippen LogP contribution in [0.5, 0.6) is 5.75 Å². The van der Waals surface area contributed by atoms with E-state index < -0.39 is 0 Å². The van der Waals surface area contributed by atoms with Crippen LogP contribution in [0.3, 0.4) is 0 Å². The number of hydrazone groups is 1. The van der Waals surface area contributed by atoms with Gasteiger partial charge in [-0.1, -0.05) is 78.5 Å². The molecule has 1 aromatic heterocycles. The molecule has 0 atom stereocenters. The lowest BCUT2D eigenvalue weighted by Crippen LogP contribution is -2.19. The van der Waals surface area contributed by atoms with Gasteiger partial charge in [0.25, 0.3) is 5.91 Å². The molecule has 3 aromatic carbocycles. The van der Waals surface area contributed by atoms with Gasteiger partial charge in [0.1, 0.15) is 5.75 Å². The van der Waals surface area contributed by atoms with E-state index in [2.05, 4.69) is 20.7 Å². The number of aromatic nitrogens is 3. The first-order valence-corrected chi connectivity index (χ1v) is 12.1. The summed E-state index contributed by atoms with van der Waals surface area (Å²) in [5, 5.41) is 13.3. The Morgan fingerprint density at radius 3 is 2.43 bits per heavy atom. The van der Waals surface area contributed by atoms with Crippen molar-refractivity contribution >= 4 is 30.0 Å². The third-order valence-corrected chi connectivity index (χ3v) is 5.77. The first-order valence-electron chi connectivity index (χ1n) is 11.1. The SMILES string of the molecule is CCOc1ccc(-n2c(SCC(=O)N/N=C\C=C\c3ccccc3)nnc2-c2ccccc2)cc1. The van der Waals surface area contributed by atoms with Gasteiger partial charge < -0.3 is 4.74 Å². The molecule has 4 rings (SSSR count). The topological polar surface area (TPSA) is 81.4 Å². The second kappa shape index (κ2) is 12.3. The summed E-state index contributed by atoms with van der Waals surface area (Å²) in [5.41, 5.74) is 5.41. The van der Waals surface area contributed by atoms with E-state index in [0.717, 1.165) is 22.6 Å². The van der Waals surface area contributed by atoms with Crippen molar-refractivity contribution in [3.8, 4) is 22.8 Å². The monoisotopic (exact) mass is 483 g/mol. The summed E-state index contributed by atoms with van der Waals surface area (Å²) in [4.78, 5) is 12.3. The van der Waals surface area contributed by atoms with Crippen LogP contribution in [0, 0.1) is 0 Å². The molecule has 4 aromatic rings. The average molecular weight is 484 g/mol. The first-order chi connectivity index (χ1) is 17.2. The van der Waals surface area contributed by atoms with Gasteiger partial charge in [-0.05, 0) is 42.8 Å². The molecule has 35 heavy (non-hydrogen) atoms. The predicted octanol–water partition coefficient (Wildman–Crippen LogP) is 5.24. The number of allylic oxidation sites excluding steroid dienone is 1. The zero-order valence-corrected chi connectivity index (χ0v) is 20.1. The normalized spacial score (nSPS) is 11.2. The summed E-state index contributed by atoms with van der Waals surface area (Å²) in [6, 6.07) is 27.4. The fourth-order valence-corrected chi connectivity index (χ4v) is 4.01. The van der Waals surface area contributed by atoms with Crippen LogP contribution in [0.4, 0.5) is 0 Å². The first kappa shape index (κ1) is 24.0. The molecule has 8 heteroatoms. The summed E-state index contributed by atoms with van der Waals surface area (Å²) in [6.07, 6.45) is 5.23. The number of hydrogen-bond acceptors (Lipinski definition) is 6. The van der Waals surface area contributed by atoms with Crippen LogP contribution in [0.15, 0.2) is 101 Å². The molecule has 0 aliphatic carbocycles. The van der Waals surface area contributed by atoms with Crippen LogP contribution in [0.1, 0.15) is 12.5 Å². The van der Waals surface area contributed by atoms with Crippen molar-refractivity contribution in [3.63, 3.8) is 0 Å². The number of nitrogens with one attached hydrogen (secondary N) is 1. The lowest BCUT2D eigenvalue weighted by molar-refractivity contribution is -0.118. The van der Waals surface area contributed by atoms with Gasteiger partial charge >= 0.3 is 0 Å². The summed E-state index contributed by atoms with van der Waals surface area (Å²) >= 11 is 1.29. The van der Waals surface area contributed by atoms with Crippen LogP contribution >= 0.6 is 11.8 Å². The Hall–Kier alpha value is -4.17. The maximum absolute atomic E-state index is 12.3. The maximum atomic E-state index is 12.3. The Balaban J connectivity index is 1.45. The molecule has 0 unspecified atom stereocenters. The van der Waals surface area contributed by atoms with E-state index in [1.807, 2.05) is 102 Å². The molecule has 0 aliphatic heterocycles. The molecular formula is C27H25N5O2S. The minimum Gasteiger partial charge on any atom is -0.494 e. The minimum atomic E-state index is -0.234. The number of amides is 1. The van der Waals surface area contributed by atoms with E-state index in [1.165, 1.54) is 11.8 Å². The zero-order chi connectivity index (χ0) is 24.3. The van der Waals surface area contributed by atoms with Gasteiger partial charge in [-0.25, -0.2) is 5.43 Å². The van der Waals surface area contributed by atoms with Crippen LogP contribution in [0.25, 0.3) is 23.2 Å². The average Bonchev–Trinajstić information content (AvgIpc) is 3.33. The fraction of sp³-hybridized carbons (Fsp3) is 0.111. The molecule has 0 aliphatic rings. The highest BCUT2D eigenvalue weighted by molar-refractivity contribution is 7.99. The van der Waals surface area contributed by atoms with Crippen molar-refractivity contribution in [2.45, 2.75) is 12.1 Å². The van der Waals surface area contributed by atoms with Crippen molar-refractivity contribution in [2.24, 2.45) is 5.10 Å². The molecular weight excluding hydrogens is 458 g/mol. The quantitative estimate of drug-likeness (QED) is 0.190. The van der Waals surface area contributed by atoms with E-state index in [9.17, 15) is 4.79 Å². The van der Waals surface area contributed by atoms with Crippen molar-refractivity contribution in [2.75, 3.05) is 12.4 Å². The van der Waals surface area contributed by atoms with Gasteiger partial charge in [0, 0.05) is 17.5 Å². The van der Waals surface area contributed by atoms with Gasteiger partial charge in [-0.15, -0.1) is 10.2 Å². The fourth-order valence-electron chi connectivity index (χ4n) is 3.26. The van der Waals surface area contributed by atoms with E-state index >= 15 is 0 Å². The maximum Gasteiger partial charge on any atom is 0.250 e. The summed E-state index contributed by atoms with van der Waals surface area (Å²) in [5.74, 6) is 1.39. The largest absolute Gasteiger partial charge is 0.494 e. The highest BCUT2D eigenvalue weighted by Gasteiger charge is 2.17. The Bertz CT molecular complexity index is 1290. The smallest absolute Gasteiger partial charge is 0.250 e. The summed E-state index contributed by atoms with van der Waals surface area (Å²) in [6.45, 7) is 2.55. The zero-order valence-electron chi connectivity index (χ0n) is 19.2. The Morgan fingerprint density at radius 2 is 1.71 bits per heavy atom. The number of carbonyl (C=O) groups excluding carboxylic acids is 1. The van der Waals surface area contributed by atoms with Gasteiger partial charge in [-0.2, -0.15) is 5.10 Å². The van der Waals surface area contributed by atoms with Gasteiger partial charge in [0.15, 0.2) is 11.0 Å². The lowest BCUT2D eigenvalue weighted by Gasteiger charge is -2.11. The molecule has 0 saturated carbocycles. The summed E-state index contributed by atoms with van der Waals surface area (Å²) in [7, 11) is 0. The lowest BCUT2D eigenvalue weighted by atomic mass is 10.2. The van der Waals surface area contributed by atoms with Crippen LogP contribution < -0.4 is 10.2 Å². The number of hydrogen-bond donors (Lipinski definition) is 1. The van der Waals surface area contributed by atoms with Gasteiger partial charge in [0.05, 0.1) is 12.4 Å². The molecule has 0 spiro atoms. The second-order valence-corrected chi connectivity index (χ2v) is 8.25. The van der Waals surface area contributed by atoms with Gasteiger partial charge in [-0.3, -0.25) is 9.36 Å². The number of rotatable bonds is 10. The molecule has 1 N–H and O–H groups in total. The molecule has 0 bridgehead atoms. The molecule has 0 radical (unpaired) electrons. The third-order valence-electron chi connectivity index (χ3n) is 4.84.